The Morgan fingerprint density at radius 3 is 2.44 bits per heavy atom. The lowest BCUT2D eigenvalue weighted by atomic mass is 9.96. The molecule has 0 aromatic rings. The number of hydrazine groups is 1. The lowest BCUT2D eigenvalue weighted by Gasteiger charge is -2.28. The summed E-state index contributed by atoms with van der Waals surface area (Å²) in [6.45, 7) is 7.84. The van der Waals surface area contributed by atoms with E-state index in [1.165, 1.54) is 18.1 Å². The number of hydrogen-bond donors (Lipinski definition) is 2. The summed E-state index contributed by atoms with van der Waals surface area (Å²) in [5, 5.41) is 1.33. The molecule has 0 aliphatic heterocycles. The number of ether oxygens (including phenoxy) is 1. The van der Waals surface area contributed by atoms with Gasteiger partial charge in [0.1, 0.15) is 6.04 Å². The maximum atomic E-state index is 11.5. The van der Waals surface area contributed by atoms with Crippen molar-refractivity contribution >= 4 is 5.78 Å². The highest BCUT2D eigenvalue weighted by Gasteiger charge is 2.24. The molecule has 0 radical (unpaired) electrons. The largest absolute Gasteiger partial charge is 0.479 e. The maximum Gasteiger partial charge on any atom is 0.202 e. The normalized spacial score (nSPS) is 15.4. The standard InChI is InChI=1S/C11H23N3O2/c1-5-8(3)11(9(4)15)14(13)7-10(12)16-6-2/h7-8,11H,5-6,12-13H2,1-4H3/b10-7+. The van der Waals surface area contributed by atoms with E-state index in [-0.39, 0.29) is 23.6 Å². The summed E-state index contributed by atoms with van der Waals surface area (Å²) in [7, 11) is 0. The molecule has 4 N–H and O–H groups in total. The van der Waals surface area contributed by atoms with E-state index in [0.717, 1.165) is 6.42 Å². The van der Waals surface area contributed by atoms with Crippen LogP contribution in [0.5, 0.6) is 0 Å². The molecule has 0 heterocycles. The Bertz CT molecular complexity index is 254. The fourth-order valence-electron chi connectivity index (χ4n) is 1.56. The smallest absolute Gasteiger partial charge is 0.202 e. The number of nitrogens with two attached hydrogens (primary N) is 2. The van der Waals surface area contributed by atoms with Crippen LogP contribution in [0.15, 0.2) is 12.1 Å². The molecule has 0 rings (SSSR count). The lowest BCUT2D eigenvalue weighted by Crippen LogP contribution is -2.46. The average molecular weight is 229 g/mol. The van der Waals surface area contributed by atoms with Gasteiger partial charge in [-0.2, -0.15) is 0 Å². The molecule has 0 saturated carbocycles. The molecule has 0 aliphatic rings. The number of rotatable bonds is 7. The van der Waals surface area contributed by atoms with Crippen molar-refractivity contribution in [2.45, 2.75) is 40.2 Å². The molecular weight excluding hydrogens is 206 g/mol. The second kappa shape index (κ2) is 7.11. The Balaban J connectivity index is 4.68. The van der Waals surface area contributed by atoms with Gasteiger partial charge in [-0.25, -0.2) is 5.84 Å². The first-order valence-electron chi connectivity index (χ1n) is 5.57. The fraction of sp³-hybridized carbons (Fsp3) is 0.727. The Hall–Kier alpha value is -1.23. The van der Waals surface area contributed by atoms with Gasteiger partial charge < -0.3 is 15.5 Å². The van der Waals surface area contributed by atoms with Gasteiger partial charge in [0.15, 0.2) is 5.78 Å². The zero-order valence-corrected chi connectivity index (χ0v) is 10.6. The highest BCUT2D eigenvalue weighted by atomic mass is 16.5. The minimum Gasteiger partial charge on any atom is -0.479 e. The second-order valence-corrected chi connectivity index (χ2v) is 3.85. The van der Waals surface area contributed by atoms with Crippen molar-refractivity contribution in [2.24, 2.45) is 17.5 Å². The van der Waals surface area contributed by atoms with E-state index in [1.807, 2.05) is 20.8 Å². The molecule has 5 nitrogen and oxygen atoms in total. The Labute approximate surface area is 97.4 Å². The van der Waals surface area contributed by atoms with E-state index in [4.69, 9.17) is 16.3 Å². The summed E-state index contributed by atoms with van der Waals surface area (Å²) in [5.74, 6) is 6.22. The lowest BCUT2D eigenvalue weighted by molar-refractivity contribution is -0.123. The van der Waals surface area contributed by atoms with E-state index in [1.54, 1.807) is 0 Å². The van der Waals surface area contributed by atoms with Crippen LogP contribution >= 0.6 is 0 Å². The van der Waals surface area contributed by atoms with Crippen LogP contribution in [0, 0.1) is 5.92 Å². The first-order chi connectivity index (χ1) is 7.43. The molecule has 2 atom stereocenters. The summed E-state index contributed by atoms with van der Waals surface area (Å²) in [6.07, 6.45) is 2.34. The minimum absolute atomic E-state index is 0.0254. The summed E-state index contributed by atoms with van der Waals surface area (Å²) in [6, 6.07) is -0.357. The molecule has 0 aromatic carbocycles. The van der Waals surface area contributed by atoms with Gasteiger partial charge in [-0.1, -0.05) is 20.3 Å². The van der Waals surface area contributed by atoms with Crippen LogP contribution in [0.2, 0.25) is 0 Å². The summed E-state index contributed by atoms with van der Waals surface area (Å²) >= 11 is 0. The zero-order chi connectivity index (χ0) is 12.7. The summed E-state index contributed by atoms with van der Waals surface area (Å²) in [5.41, 5.74) is 5.57. The molecule has 0 amide bonds. The molecule has 0 bridgehead atoms. The van der Waals surface area contributed by atoms with Gasteiger partial charge in [-0.15, -0.1) is 0 Å². The molecule has 0 aliphatic carbocycles. The number of carbonyl (C=O) groups is 1. The average Bonchev–Trinajstić information content (AvgIpc) is 2.17. The molecular formula is C11H23N3O2. The topological polar surface area (TPSA) is 81.6 Å². The molecule has 94 valence electrons. The van der Waals surface area contributed by atoms with Crippen LogP contribution in [-0.2, 0) is 9.53 Å². The van der Waals surface area contributed by atoms with Crippen molar-refractivity contribution < 1.29 is 9.53 Å². The van der Waals surface area contributed by atoms with Crippen molar-refractivity contribution in [1.82, 2.24) is 5.01 Å². The number of ketones is 1. The van der Waals surface area contributed by atoms with Gasteiger partial charge in [0.2, 0.25) is 5.88 Å². The SMILES string of the molecule is CCO/C(N)=C/N(N)C(C(C)=O)C(C)CC. The predicted molar refractivity (Wildman–Crippen MR) is 63.8 cm³/mol. The van der Waals surface area contributed by atoms with Crippen LogP contribution in [0.25, 0.3) is 0 Å². The van der Waals surface area contributed by atoms with Gasteiger partial charge in [-0.05, 0) is 19.8 Å². The maximum absolute atomic E-state index is 11.5. The molecule has 2 unspecified atom stereocenters. The zero-order valence-electron chi connectivity index (χ0n) is 10.6. The second-order valence-electron chi connectivity index (χ2n) is 3.85. The minimum atomic E-state index is -0.357. The van der Waals surface area contributed by atoms with Gasteiger partial charge >= 0.3 is 0 Å². The number of hydrogen-bond acceptors (Lipinski definition) is 5. The number of Topliss-reactive ketones (excluding diaryl/α,β-unsaturated/α-hetero) is 1. The molecule has 0 aromatic heterocycles. The van der Waals surface area contributed by atoms with Crippen molar-refractivity contribution in [3.05, 3.63) is 12.1 Å². The number of nitrogens with zero attached hydrogens (tertiary/aromatic N) is 1. The van der Waals surface area contributed by atoms with E-state index in [0.29, 0.717) is 6.61 Å². The fourth-order valence-corrected chi connectivity index (χ4v) is 1.56. The monoisotopic (exact) mass is 229 g/mol. The Kier molecular flexibility index (Phi) is 6.56. The third kappa shape index (κ3) is 4.53. The summed E-state index contributed by atoms with van der Waals surface area (Å²) in [4.78, 5) is 11.5. The van der Waals surface area contributed by atoms with Crippen LogP contribution in [0.4, 0.5) is 0 Å². The first-order valence-corrected chi connectivity index (χ1v) is 5.57. The molecule has 0 fully saturated rings. The van der Waals surface area contributed by atoms with Crippen molar-refractivity contribution in [2.75, 3.05) is 6.61 Å². The third-order valence-corrected chi connectivity index (χ3v) is 2.51. The highest BCUT2D eigenvalue weighted by molar-refractivity contribution is 5.81. The molecule has 0 spiro atoms. The van der Waals surface area contributed by atoms with Crippen LogP contribution in [-0.4, -0.2) is 23.4 Å². The van der Waals surface area contributed by atoms with E-state index in [9.17, 15) is 4.79 Å². The predicted octanol–water partition coefficient (Wildman–Crippen LogP) is 0.960. The first kappa shape index (κ1) is 14.8. The van der Waals surface area contributed by atoms with Crippen molar-refractivity contribution in [3.63, 3.8) is 0 Å². The quantitative estimate of drug-likeness (QED) is 0.386. The van der Waals surface area contributed by atoms with Gasteiger partial charge in [0.25, 0.3) is 0 Å². The van der Waals surface area contributed by atoms with E-state index < -0.39 is 0 Å². The highest BCUT2D eigenvalue weighted by Crippen LogP contribution is 2.14. The van der Waals surface area contributed by atoms with Crippen molar-refractivity contribution in [3.8, 4) is 0 Å². The van der Waals surface area contributed by atoms with Gasteiger partial charge in [0.05, 0.1) is 12.8 Å². The van der Waals surface area contributed by atoms with Gasteiger partial charge in [0, 0.05) is 0 Å². The van der Waals surface area contributed by atoms with Crippen LogP contribution < -0.4 is 11.6 Å². The van der Waals surface area contributed by atoms with E-state index in [2.05, 4.69) is 0 Å². The van der Waals surface area contributed by atoms with Gasteiger partial charge in [-0.3, -0.25) is 4.79 Å². The molecule has 5 heteroatoms. The van der Waals surface area contributed by atoms with Crippen molar-refractivity contribution in [1.29, 1.82) is 0 Å². The third-order valence-electron chi connectivity index (χ3n) is 2.51. The number of carbonyl (C=O) groups excluding carboxylic acids is 1. The van der Waals surface area contributed by atoms with Crippen LogP contribution in [0.1, 0.15) is 34.1 Å². The molecule has 16 heavy (non-hydrogen) atoms. The summed E-state index contributed by atoms with van der Waals surface area (Å²) < 4.78 is 5.06. The van der Waals surface area contributed by atoms with E-state index >= 15 is 0 Å². The molecule has 0 saturated heterocycles. The van der Waals surface area contributed by atoms with Crippen LogP contribution in [0.3, 0.4) is 0 Å². The Morgan fingerprint density at radius 1 is 1.50 bits per heavy atom. The Morgan fingerprint density at radius 2 is 2.06 bits per heavy atom.